The zero-order valence-corrected chi connectivity index (χ0v) is 13.5. The highest BCUT2D eigenvalue weighted by molar-refractivity contribution is 7.85. The first kappa shape index (κ1) is 16.6. The summed E-state index contributed by atoms with van der Waals surface area (Å²) in [5.74, 6) is -0.353. The molecule has 0 bridgehead atoms. The smallest absolute Gasteiger partial charge is 0.308 e. The summed E-state index contributed by atoms with van der Waals surface area (Å²) in [6.07, 6.45) is 1.79. The molecule has 0 aromatic rings. The van der Waals surface area contributed by atoms with Gasteiger partial charge in [0.15, 0.2) is 0 Å². The fourth-order valence-electron chi connectivity index (χ4n) is 1.80. The second-order valence-electron chi connectivity index (χ2n) is 5.64. The molecule has 6 heteroatoms. The number of nitrogens with zero attached hydrogens (tertiary/aromatic N) is 1. The van der Waals surface area contributed by atoms with Gasteiger partial charge in [0.25, 0.3) is 0 Å². The summed E-state index contributed by atoms with van der Waals surface area (Å²) in [5.41, 5.74) is 0.746. The second-order valence-corrected chi connectivity index (χ2v) is 8.07. The lowest BCUT2D eigenvalue weighted by molar-refractivity contribution is -0.148. The molecule has 1 aliphatic carbocycles. The maximum atomic E-state index is 12.0. The van der Waals surface area contributed by atoms with Crippen molar-refractivity contribution in [3.05, 3.63) is 0 Å². The quantitative estimate of drug-likeness (QED) is 0.595. The molecule has 110 valence electrons. The maximum absolute atomic E-state index is 12.0. The molecule has 1 rings (SSSR count). The first-order valence-electron chi connectivity index (χ1n) is 6.55. The average molecular weight is 308 g/mol. The van der Waals surface area contributed by atoms with Crippen LogP contribution < -0.4 is 0 Å². The van der Waals surface area contributed by atoms with Gasteiger partial charge in [0, 0.05) is 5.71 Å². The minimum absolute atomic E-state index is 0.163. The number of carbonyl (C=O) groups excluding carboxylic acids is 1. The van der Waals surface area contributed by atoms with Gasteiger partial charge in [-0.2, -0.15) is 4.40 Å². The van der Waals surface area contributed by atoms with Crippen molar-refractivity contribution in [1.82, 2.24) is 0 Å². The third-order valence-corrected chi connectivity index (χ3v) is 4.82. The number of ether oxygens (including phenoxy) is 1. The zero-order valence-electron chi connectivity index (χ0n) is 11.9. The van der Waals surface area contributed by atoms with Crippen LogP contribution in [0.4, 0.5) is 0 Å². The molecule has 1 aliphatic rings. The van der Waals surface area contributed by atoms with Crippen LogP contribution in [0.2, 0.25) is 0 Å². The molecule has 0 saturated heterocycles. The van der Waals surface area contributed by atoms with Crippen molar-refractivity contribution in [2.75, 3.05) is 6.61 Å². The van der Waals surface area contributed by atoms with Crippen molar-refractivity contribution < 1.29 is 13.7 Å². The van der Waals surface area contributed by atoms with Crippen LogP contribution in [-0.2, 0) is 20.5 Å². The highest BCUT2D eigenvalue weighted by atomic mass is 35.5. The largest absolute Gasteiger partial charge is 0.466 e. The summed E-state index contributed by atoms with van der Waals surface area (Å²) in [5, 5.41) is -0.325. The van der Waals surface area contributed by atoms with Crippen molar-refractivity contribution in [3.8, 4) is 0 Å². The Morgan fingerprint density at radius 2 is 2.16 bits per heavy atom. The molecule has 0 amide bonds. The number of esters is 1. The van der Waals surface area contributed by atoms with Crippen LogP contribution in [0, 0.1) is 5.92 Å². The van der Waals surface area contributed by atoms with Crippen molar-refractivity contribution in [3.63, 3.8) is 0 Å². The fourth-order valence-corrected chi connectivity index (χ4v) is 2.94. The van der Waals surface area contributed by atoms with E-state index in [1.807, 2.05) is 20.8 Å². The van der Waals surface area contributed by atoms with Crippen LogP contribution in [0.15, 0.2) is 4.40 Å². The van der Waals surface area contributed by atoms with E-state index in [4.69, 9.17) is 16.3 Å². The lowest BCUT2D eigenvalue weighted by Gasteiger charge is -2.26. The molecular weight excluding hydrogens is 286 g/mol. The monoisotopic (exact) mass is 307 g/mol. The lowest BCUT2D eigenvalue weighted by atomic mass is 9.88. The third-order valence-electron chi connectivity index (χ3n) is 2.95. The van der Waals surface area contributed by atoms with E-state index in [1.165, 1.54) is 0 Å². The van der Waals surface area contributed by atoms with Gasteiger partial charge in [-0.25, -0.2) is 4.21 Å². The molecule has 4 nitrogen and oxygen atoms in total. The number of hydrogen-bond acceptors (Lipinski definition) is 3. The zero-order chi connectivity index (χ0) is 14.6. The molecule has 0 aromatic carbocycles. The third kappa shape index (κ3) is 4.88. The Hall–Kier alpha value is -0.420. The minimum atomic E-state index is -1.29. The van der Waals surface area contributed by atoms with Crippen molar-refractivity contribution in [2.24, 2.45) is 10.3 Å². The summed E-state index contributed by atoms with van der Waals surface area (Å²) < 4.78 is 20.8. The van der Waals surface area contributed by atoms with E-state index in [0.29, 0.717) is 25.9 Å². The standard InChI is InChI=1S/C13H22ClNO3S/c1-5-18-12(16)9-6-7-11(10(14)8-9)15-19(17)13(2,3)4/h9-10H,5-8H2,1-4H3/b15-11+/t9-,10-,19-/m0/s1. The summed E-state index contributed by atoms with van der Waals surface area (Å²) in [4.78, 5) is 11.7. The van der Waals surface area contributed by atoms with Crippen molar-refractivity contribution in [2.45, 2.75) is 57.1 Å². The van der Waals surface area contributed by atoms with Gasteiger partial charge in [0.05, 0.1) is 22.6 Å². The summed E-state index contributed by atoms with van der Waals surface area (Å²) in [6, 6.07) is 0. The summed E-state index contributed by atoms with van der Waals surface area (Å²) in [7, 11) is -1.29. The molecule has 3 atom stereocenters. The van der Waals surface area contributed by atoms with Gasteiger partial charge >= 0.3 is 5.97 Å². The Balaban J connectivity index is 2.67. The number of carbonyl (C=O) groups is 1. The Bertz CT molecular complexity index is 390. The van der Waals surface area contributed by atoms with E-state index < -0.39 is 11.0 Å². The van der Waals surface area contributed by atoms with Crippen LogP contribution in [0.1, 0.15) is 47.0 Å². The first-order valence-corrected chi connectivity index (χ1v) is 8.10. The minimum Gasteiger partial charge on any atom is -0.466 e. The Morgan fingerprint density at radius 1 is 1.53 bits per heavy atom. The molecule has 0 N–H and O–H groups in total. The normalized spacial score (nSPS) is 28.2. The summed E-state index contributed by atoms with van der Waals surface area (Å²) in [6.45, 7) is 7.80. The van der Waals surface area contributed by atoms with Gasteiger partial charge in [-0.3, -0.25) is 4.79 Å². The molecule has 0 aromatic heterocycles. The predicted octanol–water partition coefficient (Wildman–Crippen LogP) is 2.86. The molecule has 1 fully saturated rings. The highest BCUT2D eigenvalue weighted by Gasteiger charge is 2.32. The second kappa shape index (κ2) is 6.84. The van der Waals surface area contributed by atoms with Crippen molar-refractivity contribution >= 4 is 34.3 Å². The number of halogens is 1. The van der Waals surface area contributed by atoms with E-state index in [9.17, 15) is 9.00 Å². The van der Waals surface area contributed by atoms with Gasteiger partial charge in [-0.15, -0.1) is 11.6 Å². The van der Waals surface area contributed by atoms with E-state index in [1.54, 1.807) is 6.92 Å². The van der Waals surface area contributed by atoms with Gasteiger partial charge < -0.3 is 4.74 Å². The average Bonchev–Trinajstić information content (AvgIpc) is 2.30. The van der Waals surface area contributed by atoms with Gasteiger partial charge in [0.1, 0.15) is 11.0 Å². The molecular formula is C13H22ClNO3S. The number of alkyl halides is 1. The fraction of sp³-hybridized carbons (Fsp3) is 0.846. The SMILES string of the molecule is CCOC(=O)[C@H]1CC/C(=N\[S@@](=O)C(C)(C)C)[C@@H](Cl)C1. The molecule has 0 spiro atoms. The molecule has 19 heavy (non-hydrogen) atoms. The van der Waals surface area contributed by atoms with Crippen LogP contribution >= 0.6 is 11.6 Å². The van der Waals surface area contributed by atoms with Gasteiger partial charge in [-0.1, -0.05) is 0 Å². The van der Waals surface area contributed by atoms with Crippen LogP contribution in [0.25, 0.3) is 0 Å². The number of hydrogen-bond donors (Lipinski definition) is 0. The maximum Gasteiger partial charge on any atom is 0.308 e. The Kier molecular flexibility index (Phi) is 5.99. The van der Waals surface area contributed by atoms with Gasteiger partial charge in [-0.05, 0) is 47.0 Å². The van der Waals surface area contributed by atoms with E-state index in [2.05, 4.69) is 4.40 Å². The first-order chi connectivity index (χ1) is 8.75. The molecule has 0 heterocycles. The molecule has 1 saturated carbocycles. The summed E-state index contributed by atoms with van der Waals surface area (Å²) >= 11 is 6.24. The topological polar surface area (TPSA) is 55.7 Å². The molecule has 0 radical (unpaired) electrons. The number of rotatable bonds is 3. The predicted molar refractivity (Wildman–Crippen MR) is 78.9 cm³/mol. The van der Waals surface area contributed by atoms with E-state index >= 15 is 0 Å². The molecule has 0 unspecified atom stereocenters. The van der Waals surface area contributed by atoms with Gasteiger partial charge in [0.2, 0.25) is 0 Å². The van der Waals surface area contributed by atoms with E-state index in [-0.39, 0.29) is 22.0 Å². The van der Waals surface area contributed by atoms with E-state index in [0.717, 1.165) is 5.71 Å². The highest BCUT2D eigenvalue weighted by Crippen LogP contribution is 2.28. The van der Waals surface area contributed by atoms with Crippen LogP contribution in [0.3, 0.4) is 0 Å². The lowest BCUT2D eigenvalue weighted by Crippen LogP contribution is -2.32. The Labute approximate surface area is 122 Å². The molecule has 0 aliphatic heterocycles. The van der Waals surface area contributed by atoms with Crippen LogP contribution in [0.5, 0.6) is 0 Å². The van der Waals surface area contributed by atoms with Crippen LogP contribution in [-0.4, -0.2) is 32.6 Å². The van der Waals surface area contributed by atoms with Crippen molar-refractivity contribution in [1.29, 1.82) is 0 Å². The Morgan fingerprint density at radius 3 is 2.63 bits per heavy atom.